The minimum Gasteiger partial charge on any atom is -0.493 e. The standard InChI is InChI=1S/C23H25N5O4/c1-26-13-19(30-3)21(25-26)15-4-6-17(7-5-15)32-20-14-28-18(23(29)27(20)2)12-24-22(28)16-8-10-31-11-9-16/h4-7,12-14,16H,8-11H2,1-3H3. The Kier molecular flexibility index (Phi) is 5.18. The number of fused-ring (bicyclic) bond motifs is 1. The average Bonchev–Trinajstić information content (AvgIpc) is 3.41. The van der Waals surface area contributed by atoms with Gasteiger partial charge in [-0.25, -0.2) is 4.98 Å². The molecule has 0 radical (unpaired) electrons. The molecule has 166 valence electrons. The van der Waals surface area contributed by atoms with Gasteiger partial charge in [-0.1, -0.05) is 0 Å². The minimum atomic E-state index is -0.150. The SMILES string of the molecule is COc1cn(C)nc1-c1ccc(Oc2cn3c(C4CCOCC4)ncc3c(=O)n2C)cc1. The first-order valence-corrected chi connectivity index (χ1v) is 10.6. The third-order valence-corrected chi connectivity index (χ3v) is 5.87. The van der Waals surface area contributed by atoms with Crippen molar-refractivity contribution in [1.29, 1.82) is 0 Å². The van der Waals surface area contributed by atoms with Crippen LogP contribution in [0.5, 0.6) is 17.4 Å². The van der Waals surface area contributed by atoms with Gasteiger partial charge in [0.1, 0.15) is 22.8 Å². The summed E-state index contributed by atoms with van der Waals surface area (Å²) in [5.74, 6) is 2.90. The van der Waals surface area contributed by atoms with Crippen LogP contribution in [0.3, 0.4) is 0 Å². The van der Waals surface area contributed by atoms with Crippen molar-refractivity contribution in [2.24, 2.45) is 14.1 Å². The van der Waals surface area contributed by atoms with Crippen LogP contribution in [0.1, 0.15) is 24.6 Å². The highest BCUT2D eigenvalue weighted by atomic mass is 16.5. The van der Waals surface area contributed by atoms with Crippen LogP contribution in [0.15, 0.2) is 47.7 Å². The first-order chi connectivity index (χ1) is 15.5. The molecular weight excluding hydrogens is 410 g/mol. The lowest BCUT2D eigenvalue weighted by Gasteiger charge is -2.21. The maximum absolute atomic E-state index is 12.9. The van der Waals surface area contributed by atoms with E-state index >= 15 is 0 Å². The minimum absolute atomic E-state index is 0.150. The fraction of sp³-hybridized carbons (Fsp3) is 0.348. The Labute approximate surface area is 184 Å². The Morgan fingerprint density at radius 3 is 2.56 bits per heavy atom. The predicted octanol–water partition coefficient (Wildman–Crippen LogP) is 3.13. The molecule has 1 aliphatic rings. The van der Waals surface area contributed by atoms with Gasteiger partial charge in [-0.15, -0.1) is 0 Å². The van der Waals surface area contributed by atoms with Crippen LogP contribution in [0.2, 0.25) is 0 Å². The van der Waals surface area contributed by atoms with E-state index in [1.807, 2.05) is 48.1 Å². The maximum atomic E-state index is 12.9. The second-order valence-electron chi connectivity index (χ2n) is 7.94. The molecule has 1 saturated heterocycles. The fourth-order valence-electron chi connectivity index (χ4n) is 4.11. The van der Waals surface area contributed by atoms with E-state index in [-0.39, 0.29) is 11.5 Å². The summed E-state index contributed by atoms with van der Waals surface area (Å²) in [4.78, 5) is 17.5. The summed E-state index contributed by atoms with van der Waals surface area (Å²) in [7, 11) is 5.18. The molecule has 4 heterocycles. The molecule has 0 saturated carbocycles. The van der Waals surface area contributed by atoms with E-state index in [4.69, 9.17) is 14.2 Å². The number of benzene rings is 1. The summed E-state index contributed by atoms with van der Waals surface area (Å²) in [5.41, 5.74) is 2.06. The second kappa shape index (κ2) is 8.16. The highest BCUT2D eigenvalue weighted by Gasteiger charge is 2.22. The van der Waals surface area contributed by atoms with Gasteiger partial charge in [-0.2, -0.15) is 5.10 Å². The lowest BCUT2D eigenvalue weighted by molar-refractivity contribution is 0.0834. The van der Waals surface area contributed by atoms with E-state index in [0.717, 1.165) is 29.9 Å². The number of methoxy groups -OCH3 is 1. The molecule has 1 fully saturated rings. The molecule has 3 aromatic heterocycles. The van der Waals surface area contributed by atoms with Crippen molar-refractivity contribution in [2.75, 3.05) is 20.3 Å². The van der Waals surface area contributed by atoms with Crippen LogP contribution in [0.25, 0.3) is 16.8 Å². The van der Waals surface area contributed by atoms with Gasteiger partial charge in [0.25, 0.3) is 5.56 Å². The molecule has 1 aliphatic heterocycles. The van der Waals surface area contributed by atoms with Crippen LogP contribution in [-0.2, 0) is 18.8 Å². The summed E-state index contributed by atoms with van der Waals surface area (Å²) in [6.07, 6.45) is 7.09. The predicted molar refractivity (Wildman–Crippen MR) is 118 cm³/mol. The van der Waals surface area contributed by atoms with Crippen molar-refractivity contribution in [3.05, 3.63) is 59.0 Å². The molecule has 0 atom stereocenters. The van der Waals surface area contributed by atoms with Gasteiger partial charge in [-0.05, 0) is 37.1 Å². The number of hydrogen-bond acceptors (Lipinski definition) is 6. The van der Waals surface area contributed by atoms with Crippen molar-refractivity contribution in [1.82, 2.24) is 23.7 Å². The Hall–Kier alpha value is -3.59. The number of imidazole rings is 1. The first kappa shape index (κ1) is 20.3. The molecular formula is C23H25N5O4. The summed E-state index contributed by atoms with van der Waals surface area (Å²) >= 11 is 0. The Morgan fingerprint density at radius 1 is 1.09 bits per heavy atom. The molecule has 5 rings (SSSR count). The van der Waals surface area contributed by atoms with E-state index in [0.29, 0.717) is 36.1 Å². The number of rotatable bonds is 5. The van der Waals surface area contributed by atoms with Crippen molar-refractivity contribution >= 4 is 5.52 Å². The normalized spacial score (nSPS) is 14.7. The lowest BCUT2D eigenvalue weighted by atomic mass is 10.00. The zero-order valence-corrected chi connectivity index (χ0v) is 18.3. The molecule has 0 aliphatic carbocycles. The third-order valence-electron chi connectivity index (χ3n) is 5.87. The van der Waals surface area contributed by atoms with E-state index in [9.17, 15) is 4.79 Å². The number of hydrogen-bond donors (Lipinski definition) is 0. The van der Waals surface area contributed by atoms with E-state index < -0.39 is 0 Å². The molecule has 0 N–H and O–H groups in total. The molecule has 0 amide bonds. The van der Waals surface area contributed by atoms with Crippen LogP contribution in [0.4, 0.5) is 0 Å². The fourth-order valence-corrected chi connectivity index (χ4v) is 4.11. The van der Waals surface area contributed by atoms with Crippen molar-refractivity contribution < 1.29 is 14.2 Å². The molecule has 4 aromatic rings. The van der Waals surface area contributed by atoms with Crippen LogP contribution in [0, 0.1) is 0 Å². The Balaban J connectivity index is 1.47. The van der Waals surface area contributed by atoms with E-state index in [2.05, 4.69) is 10.1 Å². The second-order valence-corrected chi connectivity index (χ2v) is 7.94. The summed E-state index contributed by atoms with van der Waals surface area (Å²) in [6, 6.07) is 7.54. The zero-order chi connectivity index (χ0) is 22.2. The highest BCUT2D eigenvalue weighted by Crippen LogP contribution is 2.31. The molecule has 0 unspecified atom stereocenters. The summed E-state index contributed by atoms with van der Waals surface area (Å²) in [6.45, 7) is 1.42. The monoisotopic (exact) mass is 435 g/mol. The zero-order valence-electron chi connectivity index (χ0n) is 18.3. The maximum Gasteiger partial charge on any atom is 0.279 e. The van der Waals surface area contributed by atoms with Crippen molar-refractivity contribution in [3.63, 3.8) is 0 Å². The molecule has 32 heavy (non-hydrogen) atoms. The average molecular weight is 435 g/mol. The van der Waals surface area contributed by atoms with Crippen molar-refractivity contribution in [3.8, 4) is 28.6 Å². The Morgan fingerprint density at radius 2 is 1.84 bits per heavy atom. The third kappa shape index (κ3) is 3.54. The van der Waals surface area contributed by atoms with E-state index in [1.54, 1.807) is 25.0 Å². The largest absolute Gasteiger partial charge is 0.493 e. The van der Waals surface area contributed by atoms with Gasteiger partial charge in [-0.3, -0.25) is 18.4 Å². The van der Waals surface area contributed by atoms with Gasteiger partial charge < -0.3 is 14.2 Å². The smallest absolute Gasteiger partial charge is 0.279 e. The van der Waals surface area contributed by atoms with Crippen LogP contribution < -0.4 is 15.0 Å². The van der Waals surface area contributed by atoms with Gasteiger partial charge in [0.15, 0.2) is 5.75 Å². The number of ether oxygens (including phenoxy) is 3. The van der Waals surface area contributed by atoms with Crippen molar-refractivity contribution in [2.45, 2.75) is 18.8 Å². The number of nitrogens with zero attached hydrogens (tertiary/aromatic N) is 5. The van der Waals surface area contributed by atoms with Gasteiger partial charge in [0.05, 0.1) is 25.7 Å². The summed E-state index contributed by atoms with van der Waals surface area (Å²) < 4.78 is 22.0. The Bertz CT molecular complexity index is 1310. The molecule has 9 nitrogen and oxygen atoms in total. The van der Waals surface area contributed by atoms with Crippen LogP contribution >= 0.6 is 0 Å². The van der Waals surface area contributed by atoms with Gasteiger partial charge in [0.2, 0.25) is 5.88 Å². The molecule has 9 heteroatoms. The quantitative estimate of drug-likeness (QED) is 0.479. The topological polar surface area (TPSA) is 84.8 Å². The molecule has 1 aromatic carbocycles. The summed E-state index contributed by atoms with van der Waals surface area (Å²) in [5, 5.41) is 4.46. The molecule has 0 bridgehead atoms. The van der Waals surface area contributed by atoms with E-state index in [1.165, 1.54) is 4.57 Å². The lowest BCUT2D eigenvalue weighted by Crippen LogP contribution is -2.22. The first-order valence-electron chi connectivity index (χ1n) is 10.6. The number of aromatic nitrogens is 5. The highest BCUT2D eigenvalue weighted by molar-refractivity contribution is 5.66. The van der Waals surface area contributed by atoms with Gasteiger partial charge in [0, 0.05) is 38.8 Å². The van der Waals surface area contributed by atoms with Gasteiger partial charge >= 0.3 is 0 Å². The number of aryl methyl sites for hydroxylation is 1. The molecule has 0 spiro atoms. The van der Waals surface area contributed by atoms with Crippen LogP contribution in [-0.4, -0.2) is 44.1 Å².